The van der Waals surface area contributed by atoms with Crippen molar-refractivity contribution in [2.75, 3.05) is 6.26 Å². The van der Waals surface area contributed by atoms with Gasteiger partial charge >= 0.3 is 5.97 Å². The zero-order valence-electron chi connectivity index (χ0n) is 15.7. The monoisotopic (exact) mass is 392 g/mol. The molecule has 0 aliphatic rings. The number of hydrogen-bond acceptors (Lipinski definition) is 5. The smallest absolute Gasteiger partial charge is 0.341 e. The van der Waals surface area contributed by atoms with E-state index in [2.05, 4.69) is 0 Å². The summed E-state index contributed by atoms with van der Waals surface area (Å²) in [6.07, 6.45) is 4.47. The average Bonchev–Trinajstić information content (AvgIpc) is 2.72. The largest absolute Gasteiger partial charge is 0.459 e. The summed E-state index contributed by atoms with van der Waals surface area (Å²) >= 11 is 1.20. The van der Waals surface area contributed by atoms with Crippen LogP contribution in [0.25, 0.3) is 5.52 Å². The molecule has 0 bridgehead atoms. The van der Waals surface area contributed by atoms with Gasteiger partial charge in [0.2, 0.25) is 0 Å². The number of aryl methyl sites for hydroxylation is 1. The molecule has 2 aromatic heterocycles. The summed E-state index contributed by atoms with van der Waals surface area (Å²) in [5, 5.41) is 9.46. The van der Waals surface area contributed by atoms with Crippen LogP contribution in [0.2, 0.25) is 0 Å². The van der Waals surface area contributed by atoms with Crippen molar-refractivity contribution < 1.29 is 9.53 Å². The first-order chi connectivity index (χ1) is 13.6. The number of hydrogen-bond donors (Lipinski definition) is 0. The maximum atomic E-state index is 13.0. The van der Waals surface area contributed by atoms with E-state index in [1.54, 1.807) is 30.7 Å². The van der Waals surface area contributed by atoms with Gasteiger partial charge in [0.1, 0.15) is 11.6 Å². The zero-order valence-corrected chi connectivity index (χ0v) is 16.5. The van der Waals surface area contributed by atoms with Gasteiger partial charge in [0.25, 0.3) is 5.56 Å². The van der Waals surface area contributed by atoms with Crippen molar-refractivity contribution in [3.05, 3.63) is 81.8 Å². The van der Waals surface area contributed by atoms with Crippen molar-refractivity contribution in [3.63, 3.8) is 0 Å². The Morgan fingerprint density at radius 1 is 1.21 bits per heavy atom. The molecule has 1 aromatic carbocycles. The number of fused-ring (bicyclic) bond motifs is 1. The normalized spacial score (nSPS) is 11.8. The molecular weight excluding hydrogens is 372 g/mol. The van der Waals surface area contributed by atoms with Gasteiger partial charge < -0.3 is 4.74 Å². The topological polar surface area (TPSA) is 71.6 Å². The first-order valence-corrected chi connectivity index (χ1v) is 10.2. The molecule has 142 valence electrons. The summed E-state index contributed by atoms with van der Waals surface area (Å²) < 4.78 is 6.99. The molecule has 1 atom stereocenters. The summed E-state index contributed by atoms with van der Waals surface area (Å²) in [5.41, 5.74) is 1.40. The van der Waals surface area contributed by atoms with Crippen LogP contribution in [0.4, 0.5) is 0 Å². The van der Waals surface area contributed by atoms with Gasteiger partial charge in [-0.2, -0.15) is 5.26 Å². The molecule has 0 N–H and O–H groups in total. The minimum Gasteiger partial charge on any atom is -0.459 e. The highest BCUT2D eigenvalue weighted by Gasteiger charge is 2.24. The average molecular weight is 392 g/mol. The number of aromatic nitrogens is 1. The first-order valence-electron chi connectivity index (χ1n) is 8.93. The molecule has 0 amide bonds. The van der Waals surface area contributed by atoms with Crippen molar-refractivity contribution in [1.29, 1.82) is 5.26 Å². The zero-order chi connectivity index (χ0) is 20.1. The summed E-state index contributed by atoms with van der Waals surface area (Å²) in [5.74, 6) is -0.523. The Morgan fingerprint density at radius 2 is 1.93 bits per heavy atom. The molecule has 0 aliphatic heterocycles. The fourth-order valence-electron chi connectivity index (χ4n) is 3.10. The predicted octanol–water partition coefficient (Wildman–Crippen LogP) is 4.07. The van der Waals surface area contributed by atoms with Crippen LogP contribution >= 0.6 is 11.8 Å². The molecule has 5 nitrogen and oxygen atoms in total. The third-order valence-corrected chi connectivity index (χ3v) is 5.33. The van der Waals surface area contributed by atoms with E-state index < -0.39 is 11.5 Å². The minimum absolute atomic E-state index is 0.0416. The van der Waals surface area contributed by atoms with Crippen LogP contribution in [0, 0.1) is 11.3 Å². The van der Waals surface area contributed by atoms with E-state index in [1.807, 2.05) is 43.3 Å². The fraction of sp³-hybridized carbons (Fsp3) is 0.227. The van der Waals surface area contributed by atoms with Crippen LogP contribution < -0.4 is 5.56 Å². The molecule has 0 radical (unpaired) electrons. The van der Waals surface area contributed by atoms with Gasteiger partial charge in [-0.05, 0) is 43.7 Å². The number of rotatable bonds is 6. The third kappa shape index (κ3) is 3.95. The lowest BCUT2D eigenvalue weighted by atomic mass is 10.1. The molecule has 0 aliphatic carbocycles. The van der Waals surface area contributed by atoms with Crippen LogP contribution in [-0.4, -0.2) is 22.7 Å². The molecule has 6 heteroatoms. The third-order valence-electron chi connectivity index (χ3n) is 4.51. The second-order valence-electron chi connectivity index (χ2n) is 6.40. The molecule has 1 unspecified atom stereocenters. The molecule has 2 heterocycles. The van der Waals surface area contributed by atoms with Crippen molar-refractivity contribution >= 4 is 23.2 Å². The van der Waals surface area contributed by atoms with E-state index >= 15 is 0 Å². The van der Waals surface area contributed by atoms with Crippen LogP contribution in [0.15, 0.2) is 64.4 Å². The number of pyridine rings is 2. The van der Waals surface area contributed by atoms with E-state index in [4.69, 9.17) is 4.74 Å². The van der Waals surface area contributed by atoms with E-state index in [0.29, 0.717) is 16.8 Å². The van der Waals surface area contributed by atoms with E-state index in [9.17, 15) is 14.9 Å². The number of carbonyl (C=O) groups excluding carboxylic acids is 1. The highest BCUT2D eigenvalue weighted by molar-refractivity contribution is 7.98. The highest BCUT2D eigenvalue weighted by Crippen LogP contribution is 2.27. The summed E-state index contributed by atoms with van der Waals surface area (Å²) in [6, 6.07) is 17.1. The molecule has 3 rings (SSSR count). The van der Waals surface area contributed by atoms with Crippen molar-refractivity contribution in [3.8, 4) is 6.07 Å². The van der Waals surface area contributed by atoms with Crippen molar-refractivity contribution in [1.82, 2.24) is 4.40 Å². The van der Waals surface area contributed by atoms with E-state index in [1.165, 1.54) is 21.7 Å². The minimum atomic E-state index is -0.523. The number of nitrogens with zero attached hydrogens (tertiary/aromatic N) is 2. The van der Waals surface area contributed by atoms with Gasteiger partial charge in [-0.25, -0.2) is 4.79 Å². The molecule has 0 spiro atoms. The Labute approximate surface area is 167 Å². The SMILES string of the molecule is CSc1c(C#N)c(=O)n2ccccc2c1C(=O)OC(C)CCc1ccccc1. The van der Waals surface area contributed by atoms with Gasteiger partial charge in [0.05, 0.1) is 17.2 Å². The van der Waals surface area contributed by atoms with Gasteiger partial charge in [0, 0.05) is 11.1 Å². The lowest BCUT2D eigenvalue weighted by molar-refractivity contribution is 0.0323. The van der Waals surface area contributed by atoms with Gasteiger partial charge in [0.15, 0.2) is 0 Å². The first kappa shape index (κ1) is 19.7. The molecule has 0 saturated carbocycles. The second kappa shape index (κ2) is 8.77. The van der Waals surface area contributed by atoms with Crippen molar-refractivity contribution in [2.45, 2.75) is 30.8 Å². The Hall–Kier alpha value is -3.04. The Kier molecular flexibility index (Phi) is 6.17. The quantitative estimate of drug-likeness (QED) is 0.467. The number of carbonyl (C=O) groups is 1. The van der Waals surface area contributed by atoms with Crippen LogP contribution in [0.3, 0.4) is 0 Å². The Bertz CT molecular complexity index is 1100. The Morgan fingerprint density at radius 3 is 2.61 bits per heavy atom. The van der Waals surface area contributed by atoms with Gasteiger partial charge in [-0.3, -0.25) is 9.20 Å². The fourth-order valence-corrected chi connectivity index (χ4v) is 3.83. The number of ether oxygens (including phenoxy) is 1. The lowest BCUT2D eigenvalue weighted by Crippen LogP contribution is -2.24. The second-order valence-corrected chi connectivity index (χ2v) is 7.21. The predicted molar refractivity (Wildman–Crippen MR) is 110 cm³/mol. The number of thioether (sulfide) groups is 1. The van der Waals surface area contributed by atoms with Crippen LogP contribution in [0.5, 0.6) is 0 Å². The molecule has 0 saturated heterocycles. The molecule has 3 aromatic rings. The molecule has 28 heavy (non-hydrogen) atoms. The summed E-state index contributed by atoms with van der Waals surface area (Å²) in [4.78, 5) is 25.9. The summed E-state index contributed by atoms with van der Waals surface area (Å²) in [6.45, 7) is 1.85. The maximum absolute atomic E-state index is 13.0. The lowest BCUT2D eigenvalue weighted by Gasteiger charge is -2.17. The van der Waals surface area contributed by atoms with E-state index in [0.717, 1.165) is 6.42 Å². The summed E-state index contributed by atoms with van der Waals surface area (Å²) in [7, 11) is 0. The maximum Gasteiger partial charge on any atom is 0.341 e. The standard InChI is InChI=1S/C22H20N2O3S/c1-15(11-12-16-8-4-3-5-9-16)27-22(26)19-18-10-6-7-13-24(18)21(25)17(14-23)20(19)28-2/h3-10,13,15H,11-12H2,1-2H3. The molecule has 0 fully saturated rings. The van der Waals surface area contributed by atoms with Crippen LogP contribution in [-0.2, 0) is 11.2 Å². The van der Waals surface area contributed by atoms with Gasteiger partial charge in [-0.15, -0.1) is 11.8 Å². The highest BCUT2D eigenvalue weighted by atomic mass is 32.2. The Balaban J connectivity index is 1.92. The number of benzene rings is 1. The van der Waals surface area contributed by atoms with Crippen molar-refractivity contribution in [2.24, 2.45) is 0 Å². The van der Waals surface area contributed by atoms with E-state index in [-0.39, 0.29) is 17.2 Å². The number of esters is 1. The number of nitriles is 1. The van der Waals surface area contributed by atoms with Crippen LogP contribution in [0.1, 0.15) is 34.8 Å². The molecular formula is C22H20N2O3S. The van der Waals surface area contributed by atoms with Gasteiger partial charge in [-0.1, -0.05) is 36.4 Å².